The van der Waals surface area contributed by atoms with Crippen LogP contribution >= 0.6 is 0 Å². The van der Waals surface area contributed by atoms with E-state index < -0.39 is 0 Å². The summed E-state index contributed by atoms with van der Waals surface area (Å²) in [6.07, 6.45) is 4.98. The summed E-state index contributed by atoms with van der Waals surface area (Å²) in [5.41, 5.74) is 5.65. The molecule has 1 fully saturated rings. The summed E-state index contributed by atoms with van der Waals surface area (Å²) in [6.45, 7) is 1.10. The van der Waals surface area contributed by atoms with Crippen molar-refractivity contribution in [1.29, 1.82) is 0 Å². The smallest absolute Gasteiger partial charge is 0.222 e. The monoisotopic (exact) mass is 257 g/mol. The molecule has 5 nitrogen and oxygen atoms in total. The Balaban J connectivity index is 2.41. The molecule has 1 atom stereocenters. The molecule has 0 aromatic heterocycles. The Morgan fingerprint density at radius 2 is 2.06 bits per heavy atom. The van der Waals surface area contributed by atoms with E-state index in [2.05, 4.69) is 24.3 Å². The van der Waals surface area contributed by atoms with Crippen molar-refractivity contribution in [2.45, 2.75) is 43.7 Å². The van der Waals surface area contributed by atoms with Gasteiger partial charge in [-0.05, 0) is 26.9 Å². The van der Waals surface area contributed by atoms with Crippen LogP contribution in [0.3, 0.4) is 0 Å². The third kappa shape index (κ3) is 3.93. The Hall–Kier alpha value is -0.650. The van der Waals surface area contributed by atoms with Crippen LogP contribution in [0.15, 0.2) is 0 Å². The predicted octanol–water partition coefficient (Wildman–Crippen LogP) is 0.341. The molecule has 0 radical (unpaired) electrons. The van der Waals surface area contributed by atoms with Gasteiger partial charge in [0.2, 0.25) is 5.91 Å². The third-order valence-electron chi connectivity index (χ3n) is 4.11. The van der Waals surface area contributed by atoms with Crippen molar-refractivity contribution in [3.8, 4) is 0 Å². The number of ether oxygens (including phenoxy) is 1. The molecule has 1 unspecified atom stereocenters. The lowest BCUT2D eigenvalue weighted by atomic mass is 9.96. The number of nitrogens with one attached hydrogen (secondary N) is 1. The van der Waals surface area contributed by atoms with Gasteiger partial charge in [0.25, 0.3) is 0 Å². The number of methoxy groups -OCH3 is 1. The molecule has 0 bridgehead atoms. The average molecular weight is 257 g/mol. The van der Waals surface area contributed by atoms with E-state index in [0.717, 1.165) is 19.4 Å². The van der Waals surface area contributed by atoms with Gasteiger partial charge in [-0.2, -0.15) is 0 Å². The summed E-state index contributed by atoms with van der Waals surface area (Å²) in [4.78, 5) is 14.1. The highest BCUT2D eigenvalue weighted by atomic mass is 16.5. The van der Waals surface area contributed by atoms with Crippen LogP contribution < -0.4 is 11.1 Å². The summed E-state index contributed by atoms with van der Waals surface area (Å²) in [7, 11) is 5.77. The molecule has 1 rings (SSSR count). The SMILES string of the molecule is COC(CN)CC(=O)NCC1(N(C)C)CCCC1. The van der Waals surface area contributed by atoms with Gasteiger partial charge in [-0.3, -0.25) is 4.79 Å². The second kappa shape index (κ2) is 7.07. The summed E-state index contributed by atoms with van der Waals surface area (Å²) in [5.74, 6) is 0.0282. The second-order valence-corrected chi connectivity index (χ2v) is 5.40. The van der Waals surface area contributed by atoms with E-state index in [-0.39, 0.29) is 17.6 Å². The van der Waals surface area contributed by atoms with Crippen molar-refractivity contribution in [1.82, 2.24) is 10.2 Å². The van der Waals surface area contributed by atoms with Gasteiger partial charge in [-0.15, -0.1) is 0 Å². The molecule has 106 valence electrons. The summed E-state index contributed by atoms with van der Waals surface area (Å²) in [6, 6.07) is 0. The normalized spacial score (nSPS) is 20.1. The zero-order chi connectivity index (χ0) is 13.6. The maximum atomic E-state index is 11.8. The first kappa shape index (κ1) is 15.4. The lowest BCUT2D eigenvalue weighted by Gasteiger charge is -2.36. The fraction of sp³-hybridized carbons (Fsp3) is 0.923. The average Bonchev–Trinajstić information content (AvgIpc) is 2.83. The maximum Gasteiger partial charge on any atom is 0.222 e. The topological polar surface area (TPSA) is 67.6 Å². The zero-order valence-electron chi connectivity index (χ0n) is 11.9. The first-order valence-electron chi connectivity index (χ1n) is 6.71. The molecule has 1 aliphatic rings. The minimum Gasteiger partial charge on any atom is -0.380 e. The molecule has 1 amide bonds. The van der Waals surface area contributed by atoms with Crippen LogP contribution in [0.5, 0.6) is 0 Å². The first-order chi connectivity index (χ1) is 8.54. The van der Waals surface area contributed by atoms with E-state index in [1.54, 1.807) is 7.11 Å². The van der Waals surface area contributed by atoms with Gasteiger partial charge in [0.05, 0.1) is 12.5 Å². The Morgan fingerprint density at radius 3 is 2.50 bits per heavy atom. The van der Waals surface area contributed by atoms with Crippen LogP contribution in [-0.4, -0.2) is 56.7 Å². The number of nitrogens with zero attached hydrogens (tertiary/aromatic N) is 1. The van der Waals surface area contributed by atoms with Gasteiger partial charge in [-0.1, -0.05) is 12.8 Å². The fourth-order valence-electron chi connectivity index (χ4n) is 2.62. The quantitative estimate of drug-likeness (QED) is 0.690. The lowest BCUT2D eigenvalue weighted by molar-refractivity contribution is -0.124. The van der Waals surface area contributed by atoms with Crippen molar-refractivity contribution >= 4 is 5.91 Å². The molecule has 0 heterocycles. The van der Waals surface area contributed by atoms with Crippen molar-refractivity contribution in [3.63, 3.8) is 0 Å². The van der Waals surface area contributed by atoms with Crippen LogP contribution in [0, 0.1) is 0 Å². The molecule has 0 saturated heterocycles. The Labute approximate surface area is 110 Å². The number of carbonyl (C=O) groups is 1. The van der Waals surface area contributed by atoms with E-state index in [1.807, 2.05) is 0 Å². The van der Waals surface area contributed by atoms with E-state index in [0.29, 0.717) is 13.0 Å². The largest absolute Gasteiger partial charge is 0.380 e. The Kier molecular flexibility index (Phi) is 6.05. The van der Waals surface area contributed by atoms with Crippen LogP contribution in [0.25, 0.3) is 0 Å². The van der Waals surface area contributed by atoms with Crippen LogP contribution in [0.1, 0.15) is 32.1 Å². The van der Waals surface area contributed by atoms with Gasteiger partial charge in [0.1, 0.15) is 0 Å². The van der Waals surface area contributed by atoms with Crippen LogP contribution in [-0.2, 0) is 9.53 Å². The summed E-state index contributed by atoms with van der Waals surface area (Å²) < 4.78 is 5.12. The number of likely N-dealkylation sites (N-methyl/N-ethyl adjacent to an activating group) is 1. The molecule has 3 N–H and O–H groups in total. The highest BCUT2D eigenvalue weighted by Gasteiger charge is 2.36. The zero-order valence-corrected chi connectivity index (χ0v) is 11.9. The molecular formula is C13H27N3O2. The minimum absolute atomic E-state index is 0.0282. The van der Waals surface area contributed by atoms with E-state index in [9.17, 15) is 4.79 Å². The number of hydrogen-bond donors (Lipinski definition) is 2. The van der Waals surface area contributed by atoms with Gasteiger partial charge in [-0.25, -0.2) is 0 Å². The fourth-order valence-corrected chi connectivity index (χ4v) is 2.62. The molecule has 0 aliphatic heterocycles. The first-order valence-corrected chi connectivity index (χ1v) is 6.71. The number of hydrogen-bond acceptors (Lipinski definition) is 4. The molecule has 0 aromatic rings. The Bertz CT molecular complexity index is 259. The van der Waals surface area contributed by atoms with Gasteiger partial charge < -0.3 is 20.7 Å². The van der Waals surface area contributed by atoms with Crippen molar-refractivity contribution < 1.29 is 9.53 Å². The minimum atomic E-state index is -0.177. The van der Waals surface area contributed by atoms with Crippen molar-refractivity contribution in [3.05, 3.63) is 0 Å². The molecule has 18 heavy (non-hydrogen) atoms. The van der Waals surface area contributed by atoms with E-state index in [1.165, 1.54) is 12.8 Å². The second-order valence-electron chi connectivity index (χ2n) is 5.40. The maximum absolute atomic E-state index is 11.8. The number of carbonyl (C=O) groups excluding carboxylic acids is 1. The molecule has 0 spiro atoms. The summed E-state index contributed by atoms with van der Waals surface area (Å²) >= 11 is 0. The predicted molar refractivity (Wildman–Crippen MR) is 72.4 cm³/mol. The van der Waals surface area contributed by atoms with Gasteiger partial charge >= 0.3 is 0 Å². The van der Waals surface area contributed by atoms with Gasteiger partial charge in [0, 0.05) is 25.7 Å². The molecule has 0 aromatic carbocycles. The van der Waals surface area contributed by atoms with E-state index in [4.69, 9.17) is 10.5 Å². The van der Waals surface area contributed by atoms with Crippen molar-refractivity contribution in [2.75, 3.05) is 34.3 Å². The standard InChI is InChI=1S/C13H27N3O2/c1-16(2)13(6-4-5-7-13)10-15-12(17)8-11(9-14)18-3/h11H,4-10,14H2,1-3H3,(H,15,17). The highest BCUT2D eigenvalue weighted by molar-refractivity contribution is 5.76. The molecule has 5 heteroatoms. The van der Waals surface area contributed by atoms with Crippen molar-refractivity contribution in [2.24, 2.45) is 5.73 Å². The molecular weight excluding hydrogens is 230 g/mol. The molecule has 1 aliphatic carbocycles. The highest BCUT2D eigenvalue weighted by Crippen LogP contribution is 2.33. The lowest BCUT2D eigenvalue weighted by Crippen LogP contribution is -2.51. The number of rotatable bonds is 7. The Morgan fingerprint density at radius 1 is 1.44 bits per heavy atom. The van der Waals surface area contributed by atoms with Gasteiger partial charge in [0.15, 0.2) is 0 Å². The third-order valence-corrected chi connectivity index (χ3v) is 4.11. The number of nitrogens with two attached hydrogens (primary N) is 1. The van der Waals surface area contributed by atoms with Crippen LogP contribution in [0.2, 0.25) is 0 Å². The van der Waals surface area contributed by atoms with Crippen LogP contribution in [0.4, 0.5) is 0 Å². The van der Waals surface area contributed by atoms with E-state index >= 15 is 0 Å². The summed E-state index contributed by atoms with van der Waals surface area (Å²) in [5, 5.41) is 3.03. The molecule has 1 saturated carbocycles. The number of amides is 1.